The van der Waals surface area contributed by atoms with Gasteiger partial charge < -0.3 is 10.2 Å². The highest BCUT2D eigenvalue weighted by Gasteiger charge is 2.09. The van der Waals surface area contributed by atoms with E-state index in [9.17, 15) is 0 Å². The average Bonchev–Trinajstić information content (AvgIpc) is 2.94. The number of hydrogen-bond donors (Lipinski definition) is 2. The van der Waals surface area contributed by atoms with Crippen molar-refractivity contribution in [1.29, 1.82) is 0 Å². The Balaban J connectivity index is 1.58. The third-order valence-electron chi connectivity index (χ3n) is 3.37. The minimum atomic E-state index is 0.821. The highest BCUT2D eigenvalue weighted by atomic mass is 32.1. The molecule has 1 aliphatic rings. The maximum atomic E-state index is 4.30. The van der Waals surface area contributed by atoms with E-state index in [1.165, 1.54) is 5.69 Å². The van der Waals surface area contributed by atoms with Crippen LogP contribution in [0.3, 0.4) is 0 Å². The van der Waals surface area contributed by atoms with Gasteiger partial charge in [-0.2, -0.15) is 5.10 Å². The molecule has 0 aliphatic carbocycles. The van der Waals surface area contributed by atoms with Crippen LogP contribution in [0.25, 0.3) is 0 Å². The van der Waals surface area contributed by atoms with Gasteiger partial charge in [0.1, 0.15) is 0 Å². The molecule has 1 aromatic carbocycles. The van der Waals surface area contributed by atoms with E-state index in [1.807, 2.05) is 18.5 Å². The van der Waals surface area contributed by atoms with E-state index in [2.05, 4.69) is 50.0 Å². The first kappa shape index (κ1) is 14.0. The first-order chi connectivity index (χ1) is 10.3. The van der Waals surface area contributed by atoms with Crippen LogP contribution in [0.4, 0.5) is 10.8 Å². The molecule has 3 rings (SSSR count). The first-order valence-corrected chi connectivity index (χ1v) is 7.96. The number of piperazine rings is 1. The van der Waals surface area contributed by atoms with Crippen molar-refractivity contribution in [1.82, 2.24) is 10.3 Å². The lowest BCUT2D eigenvalue weighted by atomic mass is 10.2. The van der Waals surface area contributed by atoms with E-state index in [0.29, 0.717) is 0 Å². The molecule has 0 atom stereocenters. The molecular weight excluding hydrogens is 282 g/mol. The van der Waals surface area contributed by atoms with Crippen molar-refractivity contribution in [3.63, 3.8) is 0 Å². The number of thiazole rings is 1. The standard InChI is InChI=1S/C15H19N5S/c1-12-11-21-15(18-12)19-17-10-13-2-4-14(5-3-13)20-8-6-16-7-9-20/h2-5,10-11,16H,6-9H2,1H3,(H,18,19). The maximum absolute atomic E-state index is 4.30. The Labute approximate surface area is 128 Å². The predicted molar refractivity (Wildman–Crippen MR) is 89.6 cm³/mol. The highest BCUT2D eigenvalue weighted by Crippen LogP contribution is 2.16. The number of nitrogens with one attached hydrogen (secondary N) is 2. The van der Waals surface area contributed by atoms with Gasteiger partial charge in [0.2, 0.25) is 5.13 Å². The summed E-state index contributed by atoms with van der Waals surface area (Å²) in [4.78, 5) is 6.70. The molecule has 1 saturated heterocycles. The number of hydrazone groups is 1. The van der Waals surface area contributed by atoms with Crippen molar-refractivity contribution >= 4 is 28.4 Å². The largest absolute Gasteiger partial charge is 0.369 e. The fourth-order valence-electron chi connectivity index (χ4n) is 2.26. The molecule has 1 aromatic heterocycles. The predicted octanol–water partition coefficient (Wildman–Crippen LogP) is 2.31. The Hall–Kier alpha value is -1.92. The van der Waals surface area contributed by atoms with Crippen LogP contribution in [0.5, 0.6) is 0 Å². The highest BCUT2D eigenvalue weighted by molar-refractivity contribution is 7.13. The Morgan fingerprint density at radius 1 is 1.29 bits per heavy atom. The van der Waals surface area contributed by atoms with Crippen LogP contribution < -0.4 is 15.6 Å². The molecule has 1 aliphatic heterocycles. The van der Waals surface area contributed by atoms with Crippen molar-refractivity contribution in [2.75, 3.05) is 36.5 Å². The lowest BCUT2D eigenvalue weighted by Gasteiger charge is -2.29. The van der Waals surface area contributed by atoms with Crippen LogP contribution >= 0.6 is 11.3 Å². The normalized spacial score (nSPS) is 15.6. The first-order valence-electron chi connectivity index (χ1n) is 7.08. The molecule has 110 valence electrons. The van der Waals surface area contributed by atoms with Gasteiger partial charge in [0.25, 0.3) is 0 Å². The summed E-state index contributed by atoms with van der Waals surface area (Å²) in [7, 11) is 0. The van der Waals surface area contributed by atoms with Gasteiger partial charge in [-0.25, -0.2) is 4.98 Å². The second kappa shape index (κ2) is 6.69. The summed E-state index contributed by atoms with van der Waals surface area (Å²) in [6.45, 7) is 6.22. The van der Waals surface area contributed by atoms with Crippen LogP contribution in [0.15, 0.2) is 34.7 Å². The summed E-state index contributed by atoms with van der Waals surface area (Å²) in [5, 5.41) is 10.4. The van der Waals surface area contributed by atoms with Crippen LogP contribution in [-0.4, -0.2) is 37.4 Å². The van der Waals surface area contributed by atoms with Crippen molar-refractivity contribution < 1.29 is 0 Å². The zero-order valence-electron chi connectivity index (χ0n) is 12.0. The van der Waals surface area contributed by atoms with Gasteiger partial charge >= 0.3 is 0 Å². The lowest BCUT2D eigenvalue weighted by Crippen LogP contribution is -2.43. The van der Waals surface area contributed by atoms with Crippen molar-refractivity contribution in [3.05, 3.63) is 40.9 Å². The molecule has 0 bridgehead atoms. The minimum Gasteiger partial charge on any atom is -0.369 e. The topological polar surface area (TPSA) is 52.6 Å². The van der Waals surface area contributed by atoms with Gasteiger partial charge in [-0.3, -0.25) is 5.43 Å². The Kier molecular flexibility index (Phi) is 4.47. The van der Waals surface area contributed by atoms with Crippen LogP contribution in [0, 0.1) is 6.92 Å². The molecule has 0 unspecified atom stereocenters. The van der Waals surface area contributed by atoms with Gasteiger partial charge in [0, 0.05) is 37.2 Å². The number of aromatic nitrogens is 1. The van der Waals surface area contributed by atoms with Crippen molar-refractivity contribution in [3.8, 4) is 0 Å². The molecule has 2 heterocycles. The maximum Gasteiger partial charge on any atom is 0.203 e. The lowest BCUT2D eigenvalue weighted by molar-refractivity contribution is 0.589. The second-order valence-corrected chi connectivity index (χ2v) is 5.85. The zero-order chi connectivity index (χ0) is 14.5. The minimum absolute atomic E-state index is 0.821. The van der Waals surface area contributed by atoms with Gasteiger partial charge in [0.15, 0.2) is 0 Å². The second-order valence-electron chi connectivity index (χ2n) is 4.99. The SMILES string of the molecule is Cc1csc(NN=Cc2ccc(N3CCNCC3)cc2)n1. The Morgan fingerprint density at radius 3 is 2.71 bits per heavy atom. The summed E-state index contributed by atoms with van der Waals surface area (Å²) in [6.07, 6.45) is 1.82. The number of nitrogens with zero attached hydrogens (tertiary/aromatic N) is 3. The van der Waals surface area contributed by atoms with E-state index in [1.54, 1.807) is 11.3 Å². The van der Waals surface area contributed by atoms with Crippen LogP contribution in [0.1, 0.15) is 11.3 Å². The summed E-state index contributed by atoms with van der Waals surface area (Å²) in [5.41, 5.74) is 6.32. The number of anilines is 2. The molecule has 0 spiro atoms. The molecule has 5 nitrogen and oxygen atoms in total. The fraction of sp³-hybridized carbons (Fsp3) is 0.333. The molecule has 2 N–H and O–H groups in total. The molecule has 0 radical (unpaired) electrons. The van der Waals surface area contributed by atoms with Gasteiger partial charge in [0.05, 0.1) is 11.9 Å². The van der Waals surface area contributed by atoms with Gasteiger partial charge in [-0.1, -0.05) is 12.1 Å². The number of rotatable bonds is 4. The Morgan fingerprint density at radius 2 is 2.05 bits per heavy atom. The van der Waals surface area contributed by atoms with E-state index >= 15 is 0 Å². The molecule has 2 aromatic rings. The smallest absolute Gasteiger partial charge is 0.203 e. The van der Waals surface area contributed by atoms with E-state index in [-0.39, 0.29) is 0 Å². The van der Waals surface area contributed by atoms with Crippen molar-refractivity contribution in [2.45, 2.75) is 6.92 Å². The summed E-state index contributed by atoms with van der Waals surface area (Å²) >= 11 is 1.56. The molecule has 0 amide bonds. The van der Waals surface area contributed by atoms with E-state index in [4.69, 9.17) is 0 Å². The number of aryl methyl sites for hydroxylation is 1. The third kappa shape index (κ3) is 3.80. The quantitative estimate of drug-likeness (QED) is 0.672. The van der Waals surface area contributed by atoms with Gasteiger partial charge in [-0.15, -0.1) is 11.3 Å². The molecule has 21 heavy (non-hydrogen) atoms. The van der Waals surface area contributed by atoms with Gasteiger partial charge in [-0.05, 0) is 24.6 Å². The molecule has 1 fully saturated rings. The summed E-state index contributed by atoms with van der Waals surface area (Å²) in [6, 6.07) is 8.49. The molecule has 0 saturated carbocycles. The molecule has 6 heteroatoms. The monoisotopic (exact) mass is 301 g/mol. The van der Waals surface area contributed by atoms with E-state index in [0.717, 1.165) is 42.6 Å². The summed E-state index contributed by atoms with van der Waals surface area (Å²) < 4.78 is 0. The summed E-state index contributed by atoms with van der Waals surface area (Å²) in [5.74, 6) is 0. The van der Waals surface area contributed by atoms with Crippen LogP contribution in [-0.2, 0) is 0 Å². The van der Waals surface area contributed by atoms with E-state index < -0.39 is 0 Å². The molecular formula is C15H19N5S. The Bertz CT molecular complexity index is 599. The average molecular weight is 301 g/mol. The van der Waals surface area contributed by atoms with Crippen LogP contribution in [0.2, 0.25) is 0 Å². The third-order valence-corrected chi connectivity index (χ3v) is 4.23. The fourth-order valence-corrected chi connectivity index (χ4v) is 2.90. The number of benzene rings is 1. The zero-order valence-corrected chi connectivity index (χ0v) is 12.9. The van der Waals surface area contributed by atoms with Crippen molar-refractivity contribution in [2.24, 2.45) is 5.10 Å². The number of hydrogen-bond acceptors (Lipinski definition) is 6.